The minimum atomic E-state index is -4.38. The Kier molecular flexibility index (Phi) is 4.35. The first kappa shape index (κ1) is 17.7. The van der Waals surface area contributed by atoms with Crippen LogP contribution in [0.15, 0.2) is 72.3 Å². The van der Waals surface area contributed by atoms with Gasteiger partial charge >= 0.3 is 159 Å². The van der Waals surface area contributed by atoms with Crippen LogP contribution in [0, 0.1) is 0 Å². The summed E-state index contributed by atoms with van der Waals surface area (Å²) in [6.07, 6.45) is 7.58. The molecule has 0 heterocycles. The van der Waals surface area contributed by atoms with E-state index in [1.54, 1.807) is 0 Å². The molecular formula is C22H22Cl2Zr. The van der Waals surface area contributed by atoms with Crippen LogP contribution in [0.4, 0.5) is 0 Å². The molecule has 0 fully saturated rings. The molecule has 25 heavy (non-hydrogen) atoms. The second-order valence-corrected chi connectivity index (χ2v) is 28.5. The Bertz CT molecular complexity index is 930. The van der Waals surface area contributed by atoms with Gasteiger partial charge in [0.05, 0.1) is 0 Å². The summed E-state index contributed by atoms with van der Waals surface area (Å²) in [4.78, 5) is 0. The van der Waals surface area contributed by atoms with Gasteiger partial charge in [-0.25, -0.2) is 0 Å². The summed E-state index contributed by atoms with van der Waals surface area (Å²) < 4.78 is 2.56. The maximum absolute atomic E-state index is 7.65. The Hall–Kier alpha value is -0.747. The third kappa shape index (κ3) is 2.63. The topological polar surface area (TPSA) is 0 Å². The predicted molar refractivity (Wildman–Crippen MR) is 108 cm³/mol. The Morgan fingerprint density at radius 3 is 2.00 bits per heavy atom. The molecule has 1 unspecified atom stereocenters. The molecule has 3 heteroatoms. The average molecular weight is 449 g/mol. The summed E-state index contributed by atoms with van der Waals surface area (Å²) >= 11 is -4.38. The number of rotatable bonds is 3. The van der Waals surface area contributed by atoms with E-state index in [-0.39, 0.29) is 7.25 Å². The molecule has 1 atom stereocenters. The fourth-order valence-electron chi connectivity index (χ4n) is 4.58. The zero-order valence-corrected chi connectivity index (χ0v) is 18.5. The molecular weight excluding hydrogens is 426 g/mol. The Labute approximate surface area is 157 Å². The van der Waals surface area contributed by atoms with Crippen molar-refractivity contribution in [2.45, 2.75) is 27.5 Å². The van der Waals surface area contributed by atoms with E-state index in [0.29, 0.717) is 0 Å². The van der Waals surface area contributed by atoms with E-state index in [9.17, 15) is 0 Å². The van der Waals surface area contributed by atoms with E-state index in [1.807, 2.05) is 0 Å². The quantitative estimate of drug-likeness (QED) is 0.463. The van der Waals surface area contributed by atoms with Crippen LogP contribution in [0.1, 0.15) is 35.0 Å². The number of hydrogen-bond donors (Lipinski definition) is 0. The van der Waals surface area contributed by atoms with Gasteiger partial charge in [0.2, 0.25) is 0 Å². The molecule has 2 aliphatic rings. The van der Waals surface area contributed by atoms with Crippen LogP contribution in [-0.4, -0.2) is 3.71 Å². The van der Waals surface area contributed by atoms with Crippen molar-refractivity contribution >= 4 is 20.7 Å². The van der Waals surface area contributed by atoms with Crippen LogP contribution < -0.4 is 0 Å². The van der Waals surface area contributed by atoms with E-state index in [4.69, 9.17) is 17.0 Å². The van der Waals surface area contributed by atoms with Gasteiger partial charge in [-0.2, -0.15) is 0 Å². The van der Waals surface area contributed by atoms with Gasteiger partial charge < -0.3 is 0 Å². The molecule has 2 aromatic rings. The monoisotopic (exact) mass is 446 g/mol. The van der Waals surface area contributed by atoms with Gasteiger partial charge in [-0.1, -0.05) is 0 Å². The van der Waals surface area contributed by atoms with E-state index in [1.165, 1.54) is 27.8 Å². The predicted octanol–water partition coefficient (Wildman–Crippen LogP) is 7.27. The number of halogens is 2. The summed E-state index contributed by atoms with van der Waals surface area (Å²) in [6, 6.07) is 17.3. The second kappa shape index (κ2) is 6.15. The van der Waals surface area contributed by atoms with Crippen LogP contribution in [0.5, 0.6) is 0 Å². The van der Waals surface area contributed by atoms with E-state index < -0.39 is 15.9 Å². The molecule has 4 rings (SSSR count). The summed E-state index contributed by atoms with van der Waals surface area (Å²) in [5, 5.41) is 0. The SMILES string of the molecule is CC[CH]=[Zr]([Cl])([Cl])([CH]1C=CC(C)=C1)[CH]1c2ccccc2-c2ccccc21. The number of benzene rings is 2. The van der Waals surface area contributed by atoms with Crippen LogP contribution in [0.25, 0.3) is 11.1 Å². The van der Waals surface area contributed by atoms with E-state index >= 15 is 0 Å². The number of fused-ring (bicyclic) bond motifs is 3. The van der Waals surface area contributed by atoms with E-state index in [2.05, 4.69) is 84.3 Å². The van der Waals surface area contributed by atoms with Crippen molar-refractivity contribution in [2.75, 3.05) is 0 Å². The first-order valence-electron chi connectivity index (χ1n) is 8.92. The molecule has 0 aliphatic heterocycles. The molecule has 2 aliphatic carbocycles. The van der Waals surface area contributed by atoms with Crippen molar-refractivity contribution in [3.05, 3.63) is 83.5 Å². The molecule has 2 aromatic carbocycles. The zero-order valence-electron chi connectivity index (χ0n) is 14.5. The van der Waals surface area contributed by atoms with Gasteiger partial charge in [0, 0.05) is 0 Å². The standard InChI is InChI=1S/C13H9.C6H7.C3H6.2ClH.Zr/c1-3-7-12-10(5-1)9-11-6-2-4-8-13(11)12;1-6-4-2-3-5-6;1-3-2;;;/h1-9H;2-5H,1H3;1H,3H2,2H3;2*1H;/q;;;;;+2/p-2. The molecule has 0 radical (unpaired) electrons. The van der Waals surface area contributed by atoms with Gasteiger partial charge in [0.1, 0.15) is 0 Å². The van der Waals surface area contributed by atoms with Gasteiger partial charge in [-0.3, -0.25) is 0 Å². The van der Waals surface area contributed by atoms with Gasteiger partial charge in [-0.15, -0.1) is 0 Å². The van der Waals surface area contributed by atoms with Crippen LogP contribution in [0.3, 0.4) is 0 Å². The van der Waals surface area contributed by atoms with Crippen LogP contribution in [0.2, 0.25) is 3.63 Å². The third-order valence-electron chi connectivity index (χ3n) is 5.63. The van der Waals surface area contributed by atoms with Crippen LogP contribution in [-0.2, 0) is 15.9 Å². The molecule has 0 amide bonds. The molecule has 128 valence electrons. The maximum atomic E-state index is 7.65. The fraction of sp³-hybridized carbons (Fsp3) is 0.227. The second-order valence-electron chi connectivity index (χ2n) is 7.24. The fourth-order valence-corrected chi connectivity index (χ4v) is 21.6. The number of allylic oxidation sites excluding steroid dienone is 4. The third-order valence-corrected chi connectivity index (χ3v) is 24.2. The zero-order chi connectivity index (χ0) is 17.7. The van der Waals surface area contributed by atoms with Crippen LogP contribution >= 0.6 is 17.0 Å². The molecule has 0 saturated heterocycles. The summed E-state index contributed by atoms with van der Waals surface area (Å²) in [5.74, 6) is 0. The van der Waals surface area contributed by atoms with Crippen molar-refractivity contribution in [3.63, 3.8) is 0 Å². The first-order valence-corrected chi connectivity index (χ1v) is 19.5. The van der Waals surface area contributed by atoms with Gasteiger partial charge in [0.15, 0.2) is 0 Å². The van der Waals surface area contributed by atoms with E-state index in [0.717, 1.165) is 6.42 Å². The van der Waals surface area contributed by atoms with Crippen molar-refractivity contribution in [1.82, 2.24) is 0 Å². The first-order chi connectivity index (χ1) is 11.9. The Morgan fingerprint density at radius 2 is 1.52 bits per heavy atom. The molecule has 0 aromatic heterocycles. The summed E-state index contributed by atoms with van der Waals surface area (Å²) in [6.45, 7) is 4.28. The van der Waals surface area contributed by atoms with Crippen molar-refractivity contribution in [2.24, 2.45) is 0 Å². The number of hydrogen-bond acceptors (Lipinski definition) is 0. The molecule has 0 spiro atoms. The summed E-state index contributed by atoms with van der Waals surface area (Å²) in [5.41, 5.74) is 6.44. The molecule has 0 bridgehead atoms. The Balaban J connectivity index is 2.05. The van der Waals surface area contributed by atoms with Crippen molar-refractivity contribution in [1.29, 1.82) is 0 Å². The van der Waals surface area contributed by atoms with Gasteiger partial charge in [-0.05, 0) is 0 Å². The molecule has 0 saturated carbocycles. The van der Waals surface area contributed by atoms with Crippen molar-refractivity contribution in [3.8, 4) is 11.1 Å². The summed E-state index contributed by atoms with van der Waals surface area (Å²) in [7, 11) is 15.3. The van der Waals surface area contributed by atoms with Crippen molar-refractivity contribution < 1.29 is 15.9 Å². The molecule has 0 N–H and O–H groups in total. The average Bonchev–Trinajstić information content (AvgIpc) is 3.18. The van der Waals surface area contributed by atoms with Gasteiger partial charge in [0.25, 0.3) is 0 Å². The Morgan fingerprint density at radius 1 is 0.960 bits per heavy atom. The minimum absolute atomic E-state index is 0.105. The normalized spacial score (nSPS) is 19.6. The molecule has 0 nitrogen and oxygen atoms in total.